The van der Waals surface area contributed by atoms with Gasteiger partial charge in [0.1, 0.15) is 0 Å². The van der Waals surface area contributed by atoms with Crippen molar-refractivity contribution in [1.29, 1.82) is 0 Å². The summed E-state index contributed by atoms with van der Waals surface area (Å²) in [6.45, 7) is 0.814. The molecule has 1 aliphatic heterocycles. The highest BCUT2D eigenvalue weighted by Gasteiger charge is 2.29. The highest BCUT2D eigenvalue weighted by molar-refractivity contribution is 6.33. The number of hydrogen-bond acceptors (Lipinski definition) is 3. The molecule has 5 nitrogen and oxygen atoms in total. The Balaban J connectivity index is 2.14. The van der Waals surface area contributed by atoms with Crippen LogP contribution < -0.4 is 0 Å². The van der Waals surface area contributed by atoms with Crippen LogP contribution in [0, 0.1) is 5.92 Å². The lowest BCUT2D eigenvalue weighted by Crippen LogP contribution is -2.42. The predicted octanol–water partition coefficient (Wildman–Crippen LogP) is 1.67. The molecule has 96 valence electrons. The number of likely N-dealkylation sites (tertiary alicyclic amines) is 1. The number of hydrogen-bond donors (Lipinski definition) is 1. The van der Waals surface area contributed by atoms with E-state index in [0.717, 1.165) is 0 Å². The summed E-state index contributed by atoms with van der Waals surface area (Å²) in [6, 6.07) is 1.55. The minimum absolute atomic E-state index is 0.228. The number of pyridine rings is 1. The fourth-order valence-corrected chi connectivity index (χ4v) is 2.28. The summed E-state index contributed by atoms with van der Waals surface area (Å²) < 4.78 is 0. The normalized spacial score (nSPS) is 19.6. The highest BCUT2D eigenvalue weighted by atomic mass is 35.5. The second kappa shape index (κ2) is 5.35. The Kier molecular flexibility index (Phi) is 3.81. The van der Waals surface area contributed by atoms with Crippen molar-refractivity contribution >= 4 is 23.5 Å². The summed E-state index contributed by atoms with van der Waals surface area (Å²) in [4.78, 5) is 28.5. The number of piperidine rings is 1. The van der Waals surface area contributed by atoms with E-state index in [-0.39, 0.29) is 12.5 Å². The topological polar surface area (TPSA) is 70.5 Å². The zero-order chi connectivity index (χ0) is 13.1. The Bertz CT molecular complexity index is 478. The van der Waals surface area contributed by atoms with Crippen molar-refractivity contribution in [3.63, 3.8) is 0 Å². The molecule has 2 heterocycles. The van der Waals surface area contributed by atoms with E-state index in [1.165, 1.54) is 12.4 Å². The van der Waals surface area contributed by atoms with Crippen LogP contribution in [-0.4, -0.2) is 40.0 Å². The van der Waals surface area contributed by atoms with Crippen molar-refractivity contribution in [3.8, 4) is 0 Å². The first-order valence-corrected chi connectivity index (χ1v) is 6.09. The van der Waals surface area contributed by atoms with Crippen LogP contribution in [-0.2, 0) is 4.79 Å². The van der Waals surface area contributed by atoms with Gasteiger partial charge in [-0.2, -0.15) is 0 Å². The van der Waals surface area contributed by atoms with E-state index < -0.39 is 11.9 Å². The molecule has 1 amide bonds. The number of carbonyl (C=O) groups is 2. The molecule has 6 heteroatoms. The van der Waals surface area contributed by atoms with Crippen LogP contribution in [0.15, 0.2) is 18.5 Å². The van der Waals surface area contributed by atoms with Crippen LogP contribution in [0.1, 0.15) is 23.2 Å². The smallest absolute Gasteiger partial charge is 0.308 e. The minimum atomic E-state index is -0.853. The van der Waals surface area contributed by atoms with E-state index in [1.54, 1.807) is 11.0 Å². The molecule has 0 radical (unpaired) electrons. The molecule has 1 aromatic heterocycles. The maximum Gasteiger partial charge on any atom is 0.308 e. The van der Waals surface area contributed by atoms with E-state index in [4.69, 9.17) is 16.7 Å². The second-order valence-electron chi connectivity index (χ2n) is 4.28. The number of amides is 1. The largest absolute Gasteiger partial charge is 0.481 e. The number of halogens is 1. The van der Waals surface area contributed by atoms with E-state index >= 15 is 0 Å². The van der Waals surface area contributed by atoms with Gasteiger partial charge in [-0.1, -0.05) is 11.6 Å². The van der Waals surface area contributed by atoms with Crippen molar-refractivity contribution < 1.29 is 14.7 Å². The Morgan fingerprint density at radius 3 is 2.94 bits per heavy atom. The summed E-state index contributed by atoms with van der Waals surface area (Å²) in [6.07, 6.45) is 4.22. The molecule has 1 N–H and O–H groups in total. The van der Waals surface area contributed by atoms with Gasteiger partial charge in [0.05, 0.1) is 16.5 Å². The number of nitrogens with zero attached hydrogens (tertiary/aromatic N) is 2. The average molecular weight is 269 g/mol. The van der Waals surface area contributed by atoms with Crippen molar-refractivity contribution in [1.82, 2.24) is 9.88 Å². The van der Waals surface area contributed by atoms with Crippen molar-refractivity contribution in [2.45, 2.75) is 12.8 Å². The third kappa shape index (κ3) is 2.61. The van der Waals surface area contributed by atoms with Gasteiger partial charge in [-0.15, -0.1) is 0 Å². The van der Waals surface area contributed by atoms with E-state index in [0.29, 0.717) is 30.0 Å². The van der Waals surface area contributed by atoms with Gasteiger partial charge in [-0.05, 0) is 18.9 Å². The van der Waals surface area contributed by atoms with Crippen LogP contribution in [0.3, 0.4) is 0 Å². The van der Waals surface area contributed by atoms with Crippen LogP contribution in [0.2, 0.25) is 5.02 Å². The number of aromatic nitrogens is 1. The minimum Gasteiger partial charge on any atom is -0.481 e. The monoisotopic (exact) mass is 268 g/mol. The number of aliphatic carboxylic acids is 1. The zero-order valence-corrected chi connectivity index (χ0v) is 10.4. The Morgan fingerprint density at radius 1 is 1.50 bits per heavy atom. The standard InChI is InChI=1S/C12H13ClN2O3/c13-10-6-14-4-3-9(10)11(16)15-5-1-2-8(7-15)12(17)18/h3-4,6,8H,1-2,5,7H2,(H,17,18). The maximum atomic E-state index is 12.2. The number of rotatable bonds is 2. The number of carbonyl (C=O) groups excluding carboxylic acids is 1. The summed E-state index contributed by atoms with van der Waals surface area (Å²) >= 11 is 5.91. The second-order valence-corrected chi connectivity index (χ2v) is 4.69. The molecule has 0 aliphatic carbocycles. The van der Waals surface area contributed by atoms with Crippen LogP contribution >= 0.6 is 11.6 Å². The van der Waals surface area contributed by atoms with Gasteiger partial charge in [0.15, 0.2) is 0 Å². The number of carboxylic acid groups (broad SMARTS) is 1. The van der Waals surface area contributed by atoms with Crippen LogP contribution in [0.4, 0.5) is 0 Å². The van der Waals surface area contributed by atoms with Gasteiger partial charge in [-0.3, -0.25) is 14.6 Å². The highest BCUT2D eigenvalue weighted by Crippen LogP contribution is 2.21. The lowest BCUT2D eigenvalue weighted by atomic mass is 9.98. The number of carboxylic acids is 1. The average Bonchev–Trinajstić information content (AvgIpc) is 2.38. The molecule has 0 aromatic carbocycles. The summed E-state index contributed by atoms with van der Waals surface area (Å²) in [5.74, 6) is -1.56. The van der Waals surface area contributed by atoms with E-state index in [2.05, 4.69) is 4.98 Å². The molecule has 18 heavy (non-hydrogen) atoms. The predicted molar refractivity (Wildman–Crippen MR) is 65.5 cm³/mol. The van der Waals surface area contributed by atoms with E-state index in [9.17, 15) is 9.59 Å². The fourth-order valence-electron chi connectivity index (χ4n) is 2.08. The SMILES string of the molecule is O=C(O)C1CCCN(C(=O)c2ccncc2Cl)C1. The molecular weight excluding hydrogens is 256 g/mol. The molecule has 2 rings (SSSR count). The van der Waals surface area contributed by atoms with Crippen molar-refractivity contribution in [2.24, 2.45) is 5.92 Å². The van der Waals surface area contributed by atoms with Crippen molar-refractivity contribution in [2.75, 3.05) is 13.1 Å². The van der Waals surface area contributed by atoms with Gasteiger partial charge < -0.3 is 10.0 Å². The molecule has 1 aliphatic rings. The van der Waals surface area contributed by atoms with Crippen LogP contribution in [0.5, 0.6) is 0 Å². The molecule has 0 bridgehead atoms. The molecule has 0 spiro atoms. The lowest BCUT2D eigenvalue weighted by molar-refractivity contribution is -0.143. The van der Waals surface area contributed by atoms with Gasteiger partial charge in [0.2, 0.25) is 0 Å². The van der Waals surface area contributed by atoms with Gasteiger partial charge in [0.25, 0.3) is 5.91 Å². The third-order valence-electron chi connectivity index (χ3n) is 3.06. The molecule has 1 unspecified atom stereocenters. The molecular formula is C12H13ClN2O3. The van der Waals surface area contributed by atoms with Gasteiger partial charge >= 0.3 is 5.97 Å². The summed E-state index contributed by atoms with van der Waals surface area (Å²) in [5.41, 5.74) is 0.373. The fraction of sp³-hybridized carbons (Fsp3) is 0.417. The first-order chi connectivity index (χ1) is 8.59. The Hall–Kier alpha value is -1.62. The van der Waals surface area contributed by atoms with Gasteiger partial charge in [-0.25, -0.2) is 0 Å². The Morgan fingerprint density at radius 2 is 2.28 bits per heavy atom. The molecule has 1 fully saturated rings. The quantitative estimate of drug-likeness (QED) is 0.886. The van der Waals surface area contributed by atoms with E-state index in [1.807, 2.05) is 0 Å². The van der Waals surface area contributed by atoms with Gasteiger partial charge in [0, 0.05) is 25.5 Å². The molecule has 1 saturated heterocycles. The molecule has 1 aromatic rings. The lowest BCUT2D eigenvalue weighted by Gasteiger charge is -2.30. The first kappa shape index (κ1) is 12.8. The molecule has 0 saturated carbocycles. The third-order valence-corrected chi connectivity index (χ3v) is 3.36. The molecule has 1 atom stereocenters. The first-order valence-electron chi connectivity index (χ1n) is 5.71. The van der Waals surface area contributed by atoms with Crippen LogP contribution in [0.25, 0.3) is 0 Å². The Labute approximate surface area is 109 Å². The zero-order valence-electron chi connectivity index (χ0n) is 9.67. The summed E-state index contributed by atoms with van der Waals surface area (Å²) in [7, 11) is 0. The van der Waals surface area contributed by atoms with Crippen molar-refractivity contribution in [3.05, 3.63) is 29.0 Å². The maximum absolute atomic E-state index is 12.2. The summed E-state index contributed by atoms with van der Waals surface area (Å²) in [5, 5.41) is 9.28.